The Labute approximate surface area is 113 Å². The van der Waals surface area contributed by atoms with Crippen LogP contribution in [-0.4, -0.2) is 9.78 Å². The normalized spacial score (nSPS) is 12.0. The van der Waals surface area contributed by atoms with Crippen molar-refractivity contribution in [3.8, 4) is 10.4 Å². The Hall–Kier alpha value is -1.29. The van der Waals surface area contributed by atoms with Crippen molar-refractivity contribution in [1.82, 2.24) is 9.78 Å². The molecule has 3 nitrogen and oxygen atoms in total. The Morgan fingerprint density at radius 1 is 1.39 bits per heavy atom. The van der Waals surface area contributed by atoms with E-state index in [-0.39, 0.29) is 0 Å². The van der Waals surface area contributed by atoms with Gasteiger partial charge in [0.1, 0.15) is 5.82 Å². The van der Waals surface area contributed by atoms with Crippen LogP contribution in [0.3, 0.4) is 0 Å². The number of aryl methyl sites for hydroxylation is 2. The van der Waals surface area contributed by atoms with E-state index in [0.717, 1.165) is 29.9 Å². The van der Waals surface area contributed by atoms with Gasteiger partial charge in [0, 0.05) is 11.9 Å². The number of hydrogen-bond acceptors (Lipinski definition) is 3. The molecule has 2 aromatic heterocycles. The van der Waals surface area contributed by atoms with Crippen molar-refractivity contribution in [3.63, 3.8) is 0 Å². The van der Waals surface area contributed by atoms with Crippen molar-refractivity contribution in [3.05, 3.63) is 23.2 Å². The average molecular weight is 263 g/mol. The molecule has 0 aliphatic carbocycles. The van der Waals surface area contributed by atoms with E-state index in [9.17, 15) is 0 Å². The van der Waals surface area contributed by atoms with Crippen molar-refractivity contribution < 1.29 is 0 Å². The number of aromatic nitrogens is 2. The van der Waals surface area contributed by atoms with Crippen molar-refractivity contribution in [2.24, 2.45) is 12.5 Å². The molecular weight excluding hydrogens is 242 g/mol. The predicted octanol–water partition coefficient (Wildman–Crippen LogP) is 3.71. The SMILES string of the molecule is Cn1nc(CCC(C)(C)C)c(-c2cccs2)c1N. The lowest BCUT2D eigenvalue weighted by Crippen LogP contribution is -2.07. The second-order valence-electron chi connectivity index (χ2n) is 5.87. The molecule has 0 fully saturated rings. The number of rotatable bonds is 3. The van der Waals surface area contributed by atoms with Crippen molar-refractivity contribution in [2.75, 3.05) is 5.73 Å². The number of nitrogens with two attached hydrogens (primary N) is 1. The van der Waals surface area contributed by atoms with E-state index in [0.29, 0.717) is 5.41 Å². The van der Waals surface area contributed by atoms with E-state index in [2.05, 4.69) is 43.4 Å². The summed E-state index contributed by atoms with van der Waals surface area (Å²) >= 11 is 1.72. The number of nitrogen functional groups attached to an aromatic ring is 1. The third-order valence-electron chi connectivity index (χ3n) is 3.04. The van der Waals surface area contributed by atoms with E-state index < -0.39 is 0 Å². The third-order valence-corrected chi connectivity index (χ3v) is 3.93. The summed E-state index contributed by atoms with van der Waals surface area (Å²) in [4.78, 5) is 1.21. The maximum Gasteiger partial charge on any atom is 0.130 e. The van der Waals surface area contributed by atoms with Gasteiger partial charge < -0.3 is 5.73 Å². The molecule has 2 rings (SSSR count). The molecular formula is C14H21N3S. The fourth-order valence-electron chi connectivity index (χ4n) is 1.95. The van der Waals surface area contributed by atoms with E-state index in [1.807, 2.05) is 7.05 Å². The van der Waals surface area contributed by atoms with Crippen LogP contribution in [0.1, 0.15) is 32.9 Å². The van der Waals surface area contributed by atoms with Crippen molar-refractivity contribution >= 4 is 17.2 Å². The van der Waals surface area contributed by atoms with Crippen LogP contribution >= 0.6 is 11.3 Å². The van der Waals surface area contributed by atoms with E-state index in [1.54, 1.807) is 16.0 Å². The van der Waals surface area contributed by atoms with Gasteiger partial charge in [-0.25, -0.2) is 0 Å². The van der Waals surface area contributed by atoms with Crippen LogP contribution in [0.4, 0.5) is 5.82 Å². The predicted molar refractivity (Wildman–Crippen MR) is 78.7 cm³/mol. The zero-order valence-electron chi connectivity index (χ0n) is 11.5. The Morgan fingerprint density at radius 3 is 2.67 bits per heavy atom. The summed E-state index contributed by atoms with van der Waals surface area (Å²) < 4.78 is 1.78. The zero-order chi connectivity index (χ0) is 13.3. The molecule has 0 bridgehead atoms. The maximum atomic E-state index is 6.14. The molecule has 0 spiro atoms. The van der Waals surface area contributed by atoms with Gasteiger partial charge in [-0.1, -0.05) is 26.8 Å². The van der Waals surface area contributed by atoms with Gasteiger partial charge in [-0.05, 0) is 29.7 Å². The zero-order valence-corrected chi connectivity index (χ0v) is 12.3. The van der Waals surface area contributed by atoms with Crippen LogP contribution in [0, 0.1) is 5.41 Å². The van der Waals surface area contributed by atoms with Gasteiger partial charge in [0.25, 0.3) is 0 Å². The van der Waals surface area contributed by atoms with Crippen LogP contribution in [0.15, 0.2) is 17.5 Å². The molecule has 0 aliphatic heterocycles. The summed E-state index contributed by atoms with van der Waals surface area (Å²) in [5, 5.41) is 6.65. The molecule has 18 heavy (non-hydrogen) atoms. The lowest BCUT2D eigenvalue weighted by Gasteiger charge is -2.17. The van der Waals surface area contributed by atoms with Crippen LogP contribution < -0.4 is 5.73 Å². The molecule has 4 heteroatoms. The molecule has 0 aliphatic rings. The summed E-state index contributed by atoms with van der Waals surface area (Å²) in [6.07, 6.45) is 2.09. The monoisotopic (exact) mass is 263 g/mol. The standard InChI is InChI=1S/C14H21N3S/c1-14(2,3)8-7-10-12(11-6-5-9-18-11)13(15)17(4)16-10/h5-6,9H,7-8,15H2,1-4H3. The van der Waals surface area contributed by atoms with Gasteiger partial charge in [0.2, 0.25) is 0 Å². The lowest BCUT2D eigenvalue weighted by molar-refractivity contribution is 0.376. The summed E-state index contributed by atoms with van der Waals surface area (Å²) in [7, 11) is 1.91. The first-order valence-corrected chi connectivity index (χ1v) is 7.12. The van der Waals surface area contributed by atoms with Gasteiger partial charge >= 0.3 is 0 Å². The maximum absolute atomic E-state index is 6.14. The molecule has 0 atom stereocenters. The van der Waals surface area contributed by atoms with Gasteiger partial charge in [-0.2, -0.15) is 5.10 Å². The van der Waals surface area contributed by atoms with Crippen molar-refractivity contribution in [2.45, 2.75) is 33.6 Å². The molecule has 2 N–H and O–H groups in total. The van der Waals surface area contributed by atoms with Crippen LogP contribution in [0.5, 0.6) is 0 Å². The molecule has 0 unspecified atom stereocenters. The quantitative estimate of drug-likeness (QED) is 0.917. The molecule has 0 saturated carbocycles. The smallest absolute Gasteiger partial charge is 0.130 e. The van der Waals surface area contributed by atoms with Crippen molar-refractivity contribution in [1.29, 1.82) is 0 Å². The summed E-state index contributed by atoms with van der Waals surface area (Å²) in [5.41, 5.74) is 8.70. The molecule has 0 amide bonds. The number of hydrogen-bond donors (Lipinski definition) is 1. The van der Waals surface area contributed by atoms with Gasteiger partial charge in [-0.15, -0.1) is 11.3 Å². The highest BCUT2D eigenvalue weighted by Crippen LogP contribution is 2.34. The van der Waals surface area contributed by atoms with Gasteiger partial charge in [-0.3, -0.25) is 4.68 Å². The molecule has 0 aromatic carbocycles. The number of thiophene rings is 1. The Kier molecular flexibility index (Phi) is 3.48. The largest absolute Gasteiger partial charge is 0.383 e. The van der Waals surface area contributed by atoms with E-state index in [1.165, 1.54) is 4.88 Å². The van der Waals surface area contributed by atoms with Crippen LogP contribution in [-0.2, 0) is 13.5 Å². The first kappa shape index (κ1) is 13.1. The summed E-state index contributed by atoms with van der Waals surface area (Å²) in [6.45, 7) is 6.76. The first-order valence-electron chi connectivity index (χ1n) is 6.24. The summed E-state index contributed by atoms with van der Waals surface area (Å²) in [5.74, 6) is 0.765. The lowest BCUT2D eigenvalue weighted by atomic mass is 9.89. The Bertz CT molecular complexity index is 518. The van der Waals surface area contributed by atoms with Gasteiger partial charge in [0.15, 0.2) is 0 Å². The fraction of sp³-hybridized carbons (Fsp3) is 0.500. The van der Waals surface area contributed by atoms with Gasteiger partial charge in [0.05, 0.1) is 11.3 Å². The molecule has 0 radical (unpaired) electrons. The topological polar surface area (TPSA) is 43.8 Å². The Balaban J connectivity index is 2.33. The Morgan fingerprint density at radius 2 is 2.11 bits per heavy atom. The number of nitrogens with zero attached hydrogens (tertiary/aromatic N) is 2. The summed E-state index contributed by atoms with van der Waals surface area (Å²) in [6, 6.07) is 4.17. The van der Waals surface area contributed by atoms with E-state index in [4.69, 9.17) is 5.73 Å². The second-order valence-corrected chi connectivity index (χ2v) is 6.82. The minimum atomic E-state index is 0.318. The molecule has 2 aromatic rings. The van der Waals surface area contributed by atoms with Crippen LogP contribution in [0.2, 0.25) is 0 Å². The fourth-order valence-corrected chi connectivity index (χ4v) is 2.75. The highest BCUT2D eigenvalue weighted by atomic mass is 32.1. The average Bonchev–Trinajstić information content (AvgIpc) is 2.85. The van der Waals surface area contributed by atoms with Crippen LogP contribution in [0.25, 0.3) is 10.4 Å². The molecule has 0 saturated heterocycles. The minimum absolute atomic E-state index is 0.318. The third kappa shape index (κ3) is 2.75. The second kappa shape index (κ2) is 4.76. The minimum Gasteiger partial charge on any atom is -0.383 e. The molecule has 2 heterocycles. The first-order chi connectivity index (χ1) is 8.38. The number of anilines is 1. The van der Waals surface area contributed by atoms with E-state index >= 15 is 0 Å². The highest BCUT2D eigenvalue weighted by molar-refractivity contribution is 7.13. The highest BCUT2D eigenvalue weighted by Gasteiger charge is 2.19. The molecule has 98 valence electrons.